The van der Waals surface area contributed by atoms with Gasteiger partial charge in [0.2, 0.25) is 0 Å². The smallest absolute Gasteiger partial charge is 0.320 e. The molecule has 12 heteroatoms. The van der Waals surface area contributed by atoms with Gasteiger partial charge in [0.1, 0.15) is 4.83 Å². The number of methoxy groups -OCH3 is 1. The Labute approximate surface area is 161 Å². The number of anilines is 1. The maximum absolute atomic E-state index is 12.7. The quantitative estimate of drug-likeness (QED) is 0.533. The van der Waals surface area contributed by atoms with E-state index < -0.39 is 15.2 Å². The summed E-state index contributed by atoms with van der Waals surface area (Å²) < 4.78 is 34.2. The van der Waals surface area contributed by atoms with Gasteiger partial charge in [0, 0.05) is 0 Å². The van der Waals surface area contributed by atoms with Crippen LogP contribution < -0.4 is 9.46 Å². The van der Waals surface area contributed by atoms with Crippen LogP contribution in [0, 0.1) is 0 Å². The Hall–Kier alpha value is -2.14. The minimum absolute atomic E-state index is 0.0560. The van der Waals surface area contributed by atoms with Gasteiger partial charge in [0.25, 0.3) is 15.2 Å². The van der Waals surface area contributed by atoms with Crippen molar-refractivity contribution in [1.82, 2.24) is 19.6 Å². The molecule has 3 aromatic heterocycles. The topological polar surface area (TPSA) is 98.5 Å². The third kappa shape index (κ3) is 2.75. The molecule has 0 radical (unpaired) electrons. The average Bonchev–Trinajstić information content (AvgIpc) is 3.23. The zero-order chi connectivity index (χ0) is 18.5. The molecule has 134 valence electrons. The zero-order valence-electron chi connectivity index (χ0n) is 13.0. The van der Waals surface area contributed by atoms with Gasteiger partial charge in [-0.1, -0.05) is 29.3 Å². The van der Waals surface area contributed by atoms with Gasteiger partial charge in [-0.2, -0.15) is 22.9 Å². The number of nitrogens with zero attached hydrogens (tertiary/aromatic N) is 4. The largest absolute Gasteiger partial charge is 0.467 e. The van der Waals surface area contributed by atoms with E-state index in [0.29, 0.717) is 15.9 Å². The second-order valence-electron chi connectivity index (χ2n) is 5.07. The van der Waals surface area contributed by atoms with Crippen molar-refractivity contribution in [3.8, 4) is 6.01 Å². The van der Waals surface area contributed by atoms with Crippen molar-refractivity contribution >= 4 is 66.1 Å². The van der Waals surface area contributed by atoms with Crippen LogP contribution in [-0.2, 0) is 10.0 Å². The van der Waals surface area contributed by atoms with Crippen LogP contribution in [0.2, 0.25) is 10.0 Å². The summed E-state index contributed by atoms with van der Waals surface area (Å²) in [6, 6.07) is 6.55. The molecular weight excluding hydrogens is 421 g/mol. The van der Waals surface area contributed by atoms with Crippen LogP contribution in [0.3, 0.4) is 0 Å². The lowest BCUT2D eigenvalue weighted by molar-refractivity contribution is 0.368. The Bertz CT molecular complexity index is 1230. The standard InChI is InChI=1S/C14H9Cl2N5O3S2/c1-24-14-18-12-7(5-6-25-12)11-17-13(19-21(11)14)26(22,23)20-10-8(15)3-2-4-9(10)16/h2-6,20H,1H3. The molecule has 3 heterocycles. The van der Waals surface area contributed by atoms with E-state index in [2.05, 4.69) is 19.8 Å². The highest BCUT2D eigenvalue weighted by atomic mass is 35.5. The van der Waals surface area contributed by atoms with Crippen molar-refractivity contribution in [3.05, 3.63) is 39.7 Å². The first-order valence-electron chi connectivity index (χ1n) is 7.05. The Kier molecular flexibility index (Phi) is 4.14. The van der Waals surface area contributed by atoms with E-state index >= 15 is 0 Å². The fourth-order valence-corrected chi connectivity index (χ4v) is 4.64. The lowest BCUT2D eigenvalue weighted by Crippen LogP contribution is -2.15. The Morgan fingerprint density at radius 2 is 1.92 bits per heavy atom. The Balaban J connectivity index is 1.88. The molecule has 0 aliphatic carbocycles. The van der Waals surface area contributed by atoms with Crippen LogP contribution in [0.5, 0.6) is 6.01 Å². The minimum Gasteiger partial charge on any atom is -0.467 e. The number of halogens is 2. The van der Waals surface area contributed by atoms with Crippen molar-refractivity contribution in [3.63, 3.8) is 0 Å². The molecule has 8 nitrogen and oxygen atoms in total. The summed E-state index contributed by atoms with van der Waals surface area (Å²) in [6.07, 6.45) is 0. The third-order valence-electron chi connectivity index (χ3n) is 3.47. The fraction of sp³-hybridized carbons (Fsp3) is 0.0714. The van der Waals surface area contributed by atoms with Crippen molar-refractivity contribution in [2.75, 3.05) is 11.8 Å². The maximum Gasteiger partial charge on any atom is 0.320 e. The van der Waals surface area contributed by atoms with E-state index in [9.17, 15) is 8.42 Å². The van der Waals surface area contributed by atoms with Gasteiger partial charge >= 0.3 is 6.01 Å². The first-order chi connectivity index (χ1) is 12.4. The van der Waals surface area contributed by atoms with E-state index in [-0.39, 0.29) is 21.7 Å². The van der Waals surface area contributed by atoms with Gasteiger partial charge in [-0.05, 0) is 23.6 Å². The number of fused-ring (bicyclic) bond motifs is 3. The molecule has 0 unspecified atom stereocenters. The predicted octanol–water partition coefficient (Wildman–Crippen LogP) is 3.46. The van der Waals surface area contributed by atoms with Crippen molar-refractivity contribution in [2.24, 2.45) is 0 Å². The monoisotopic (exact) mass is 429 g/mol. The minimum atomic E-state index is -4.14. The van der Waals surface area contributed by atoms with Gasteiger partial charge in [0.15, 0.2) is 5.65 Å². The molecule has 4 rings (SSSR count). The number of aromatic nitrogens is 4. The van der Waals surface area contributed by atoms with Crippen LogP contribution in [0.1, 0.15) is 0 Å². The third-order valence-corrected chi connectivity index (χ3v) is 6.04. The van der Waals surface area contributed by atoms with Crippen molar-refractivity contribution in [1.29, 1.82) is 0 Å². The summed E-state index contributed by atoms with van der Waals surface area (Å²) >= 11 is 13.4. The number of para-hydroxylation sites is 1. The number of hydrogen-bond donors (Lipinski definition) is 1. The van der Waals surface area contributed by atoms with Crippen LogP contribution in [0.25, 0.3) is 15.9 Å². The summed E-state index contributed by atoms with van der Waals surface area (Å²) in [7, 11) is -2.72. The zero-order valence-corrected chi connectivity index (χ0v) is 16.1. The fourth-order valence-electron chi connectivity index (χ4n) is 2.31. The lowest BCUT2D eigenvalue weighted by Gasteiger charge is -2.08. The average molecular weight is 430 g/mol. The molecule has 4 aromatic rings. The molecule has 26 heavy (non-hydrogen) atoms. The molecule has 0 amide bonds. The molecule has 0 spiro atoms. The van der Waals surface area contributed by atoms with E-state index in [0.717, 1.165) is 0 Å². The second kappa shape index (κ2) is 6.23. The van der Waals surface area contributed by atoms with E-state index in [1.54, 1.807) is 12.1 Å². The second-order valence-corrected chi connectivity index (χ2v) is 8.35. The van der Waals surface area contributed by atoms with Gasteiger partial charge in [-0.15, -0.1) is 16.4 Å². The normalized spacial score (nSPS) is 12.0. The Morgan fingerprint density at radius 1 is 1.19 bits per heavy atom. The molecule has 1 aromatic carbocycles. The van der Waals surface area contributed by atoms with Gasteiger partial charge in [-0.3, -0.25) is 4.72 Å². The van der Waals surface area contributed by atoms with Gasteiger partial charge in [0.05, 0.1) is 28.2 Å². The molecule has 0 saturated carbocycles. The molecule has 0 saturated heterocycles. The molecule has 0 fully saturated rings. The highest BCUT2D eigenvalue weighted by Crippen LogP contribution is 2.32. The summed E-state index contributed by atoms with van der Waals surface area (Å²) in [5.74, 6) is 0. The first kappa shape index (κ1) is 17.3. The molecule has 0 aliphatic rings. The predicted molar refractivity (Wildman–Crippen MR) is 100.0 cm³/mol. The maximum atomic E-state index is 12.7. The van der Waals surface area contributed by atoms with Crippen LogP contribution in [0.15, 0.2) is 34.8 Å². The molecule has 0 atom stereocenters. The highest BCUT2D eigenvalue weighted by molar-refractivity contribution is 7.92. The van der Waals surface area contributed by atoms with Crippen LogP contribution in [0.4, 0.5) is 5.69 Å². The van der Waals surface area contributed by atoms with E-state index in [4.69, 9.17) is 27.9 Å². The Morgan fingerprint density at radius 3 is 2.62 bits per heavy atom. The number of nitrogens with one attached hydrogen (secondary N) is 1. The van der Waals surface area contributed by atoms with Crippen LogP contribution in [-0.4, -0.2) is 35.1 Å². The number of ether oxygens (including phenoxy) is 1. The summed E-state index contributed by atoms with van der Waals surface area (Å²) in [4.78, 5) is 9.10. The first-order valence-corrected chi connectivity index (χ1v) is 10.2. The van der Waals surface area contributed by atoms with Crippen molar-refractivity contribution < 1.29 is 13.2 Å². The number of thiophene rings is 1. The SMILES string of the molecule is COc1nc2sccc2c2nc(S(=O)(=O)Nc3c(Cl)cccc3Cl)nn12. The number of hydrogen-bond acceptors (Lipinski definition) is 7. The number of sulfonamides is 1. The summed E-state index contributed by atoms with van der Waals surface area (Å²) in [5.41, 5.74) is 0.374. The van der Waals surface area contributed by atoms with Gasteiger partial charge in [-0.25, -0.2) is 0 Å². The summed E-state index contributed by atoms with van der Waals surface area (Å²) in [6.45, 7) is 0. The van der Waals surface area contributed by atoms with Crippen LogP contribution >= 0.6 is 34.5 Å². The molecule has 0 bridgehead atoms. The van der Waals surface area contributed by atoms with E-state index in [1.165, 1.54) is 35.1 Å². The van der Waals surface area contributed by atoms with Crippen molar-refractivity contribution in [2.45, 2.75) is 5.16 Å². The number of benzene rings is 1. The lowest BCUT2D eigenvalue weighted by atomic mass is 10.3. The molecular formula is C14H9Cl2N5O3S2. The molecule has 0 aliphatic heterocycles. The van der Waals surface area contributed by atoms with E-state index in [1.807, 2.05) is 5.38 Å². The summed E-state index contributed by atoms with van der Waals surface area (Å²) in [5, 5.41) is 6.38. The highest BCUT2D eigenvalue weighted by Gasteiger charge is 2.25. The number of rotatable bonds is 4. The molecule has 1 N–H and O–H groups in total. The van der Waals surface area contributed by atoms with Gasteiger partial charge < -0.3 is 4.74 Å².